The van der Waals surface area contributed by atoms with E-state index in [0.717, 1.165) is 12.3 Å². The van der Waals surface area contributed by atoms with E-state index in [1.165, 1.54) is 0 Å². The molecule has 3 N–H and O–H groups in total. The Morgan fingerprint density at radius 3 is 2.73 bits per heavy atom. The number of carbonyl (C=O) groups excluding carboxylic acids is 1. The zero-order valence-corrected chi connectivity index (χ0v) is 13.4. The van der Waals surface area contributed by atoms with Crippen LogP contribution in [-0.4, -0.2) is 39.5 Å². The summed E-state index contributed by atoms with van der Waals surface area (Å²) in [7, 11) is 0. The van der Waals surface area contributed by atoms with Gasteiger partial charge in [-0.3, -0.25) is 0 Å². The molecule has 0 aliphatic carbocycles. The molecule has 1 aromatic rings. The summed E-state index contributed by atoms with van der Waals surface area (Å²) < 4.78 is 18.1. The number of ether oxygens (including phenoxy) is 1. The molecule has 0 bridgehead atoms. The van der Waals surface area contributed by atoms with Crippen molar-refractivity contribution >= 4 is 17.7 Å². The Bertz CT molecular complexity index is 522. The smallest absolute Gasteiger partial charge is 0.407 e. The zero-order chi connectivity index (χ0) is 16.9. The molecular formula is C14H20ClFN2O4. The highest BCUT2D eigenvalue weighted by Crippen LogP contribution is 2.25. The number of carbonyl (C=O) groups is 1. The van der Waals surface area contributed by atoms with Crippen molar-refractivity contribution in [3.05, 3.63) is 28.8 Å². The number of amides is 1. The third-order valence-corrected chi connectivity index (χ3v) is 2.94. The molecule has 1 amide bonds. The Kier molecular flexibility index (Phi) is 6.52. The molecule has 1 rings (SSSR count). The molecule has 0 fully saturated rings. The lowest BCUT2D eigenvalue weighted by atomic mass is 10.0. The number of nitrogens with zero attached hydrogens (tertiary/aromatic N) is 1. The molecule has 22 heavy (non-hydrogen) atoms. The van der Waals surface area contributed by atoms with Crippen LogP contribution in [-0.2, 0) is 4.74 Å². The van der Waals surface area contributed by atoms with Gasteiger partial charge in [-0.1, -0.05) is 11.6 Å². The predicted octanol–water partition coefficient (Wildman–Crippen LogP) is 2.18. The largest absolute Gasteiger partial charge is 0.444 e. The van der Waals surface area contributed by atoms with Crippen LogP contribution in [0, 0.1) is 5.82 Å². The molecule has 1 aromatic heterocycles. The minimum atomic E-state index is -1.41. The van der Waals surface area contributed by atoms with E-state index in [1.54, 1.807) is 20.8 Å². The monoisotopic (exact) mass is 334 g/mol. The number of alkyl carbamates (subject to hydrolysis) is 1. The molecule has 8 heteroatoms. The number of halogens is 2. The second-order valence-corrected chi connectivity index (χ2v) is 6.12. The molecular weight excluding hydrogens is 315 g/mol. The number of nitrogens with one attached hydrogen (secondary N) is 1. The van der Waals surface area contributed by atoms with Gasteiger partial charge in [-0.2, -0.15) is 0 Å². The first-order valence-corrected chi connectivity index (χ1v) is 7.12. The maximum atomic E-state index is 13.1. The summed E-state index contributed by atoms with van der Waals surface area (Å²) in [6.07, 6.45) is -2.32. The molecule has 0 spiro atoms. The van der Waals surface area contributed by atoms with Crippen LogP contribution in [0.5, 0.6) is 0 Å². The van der Waals surface area contributed by atoms with Gasteiger partial charge in [-0.05, 0) is 33.3 Å². The predicted molar refractivity (Wildman–Crippen MR) is 79.0 cm³/mol. The highest BCUT2D eigenvalue weighted by molar-refractivity contribution is 6.30. The minimum absolute atomic E-state index is 0.00793. The first kappa shape index (κ1) is 18.6. The van der Waals surface area contributed by atoms with E-state index < -0.39 is 29.7 Å². The first-order valence-electron chi connectivity index (χ1n) is 6.74. The van der Waals surface area contributed by atoms with Crippen molar-refractivity contribution in [3.8, 4) is 0 Å². The van der Waals surface area contributed by atoms with E-state index in [9.17, 15) is 19.4 Å². The number of aliphatic hydroxyl groups excluding tert-OH is 2. The lowest BCUT2D eigenvalue weighted by molar-refractivity contribution is 0.0120. The SMILES string of the molecule is CC(C)(C)OC(=O)NCCC(O)C(O)c1cc(F)cnc1Cl. The van der Waals surface area contributed by atoms with Crippen LogP contribution < -0.4 is 5.32 Å². The van der Waals surface area contributed by atoms with E-state index in [1.807, 2.05) is 0 Å². The van der Waals surface area contributed by atoms with Crippen molar-refractivity contribution in [2.24, 2.45) is 0 Å². The van der Waals surface area contributed by atoms with Gasteiger partial charge in [0, 0.05) is 12.1 Å². The Balaban J connectivity index is 2.50. The van der Waals surface area contributed by atoms with Gasteiger partial charge in [0.25, 0.3) is 0 Å². The maximum Gasteiger partial charge on any atom is 0.407 e. The molecule has 2 unspecified atom stereocenters. The third-order valence-electron chi connectivity index (χ3n) is 2.62. The molecule has 0 saturated carbocycles. The summed E-state index contributed by atoms with van der Waals surface area (Å²) in [6, 6.07) is 1.00. The van der Waals surface area contributed by atoms with Gasteiger partial charge < -0.3 is 20.3 Å². The average molecular weight is 335 g/mol. The van der Waals surface area contributed by atoms with Crippen LogP contribution in [0.3, 0.4) is 0 Å². The van der Waals surface area contributed by atoms with Crippen molar-refractivity contribution in [3.63, 3.8) is 0 Å². The number of rotatable bonds is 5. The lowest BCUT2D eigenvalue weighted by Crippen LogP contribution is -2.34. The zero-order valence-electron chi connectivity index (χ0n) is 12.6. The van der Waals surface area contributed by atoms with Crippen molar-refractivity contribution in [1.82, 2.24) is 10.3 Å². The number of pyridine rings is 1. The summed E-state index contributed by atoms with van der Waals surface area (Å²) >= 11 is 5.75. The summed E-state index contributed by atoms with van der Waals surface area (Å²) in [4.78, 5) is 15.0. The van der Waals surface area contributed by atoms with Crippen molar-refractivity contribution in [2.75, 3.05) is 6.54 Å². The summed E-state index contributed by atoms with van der Waals surface area (Å²) in [5, 5.41) is 22.2. The van der Waals surface area contributed by atoms with E-state index >= 15 is 0 Å². The summed E-state index contributed by atoms with van der Waals surface area (Å²) in [5.41, 5.74) is -0.630. The van der Waals surface area contributed by atoms with Gasteiger partial charge in [0.05, 0.1) is 12.3 Å². The van der Waals surface area contributed by atoms with Crippen LogP contribution in [0.25, 0.3) is 0 Å². The summed E-state index contributed by atoms with van der Waals surface area (Å²) in [5.74, 6) is -0.669. The minimum Gasteiger partial charge on any atom is -0.444 e. The standard InChI is InChI=1S/C14H20ClFN2O4/c1-14(2,3)22-13(21)17-5-4-10(19)11(20)9-6-8(16)7-18-12(9)15/h6-7,10-11,19-20H,4-5H2,1-3H3,(H,17,21). The topological polar surface area (TPSA) is 91.7 Å². The Morgan fingerprint density at radius 2 is 2.14 bits per heavy atom. The molecule has 0 aromatic carbocycles. The van der Waals surface area contributed by atoms with Gasteiger partial charge in [-0.25, -0.2) is 14.2 Å². The van der Waals surface area contributed by atoms with E-state index in [0.29, 0.717) is 0 Å². The number of hydrogen-bond donors (Lipinski definition) is 3. The Labute approximate surface area is 133 Å². The molecule has 0 saturated heterocycles. The third kappa shape index (κ3) is 6.13. The second-order valence-electron chi connectivity index (χ2n) is 5.76. The second kappa shape index (κ2) is 7.71. The average Bonchev–Trinajstić information content (AvgIpc) is 2.38. The number of aromatic nitrogens is 1. The molecule has 2 atom stereocenters. The molecule has 0 aliphatic rings. The number of hydrogen-bond acceptors (Lipinski definition) is 5. The van der Waals surface area contributed by atoms with Crippen molar-refractivity contribution < 1.29 is 24.1 Å². The summed E-state index contributed by atoms with van der Waals surface area (Å²) in [6.45, 7) is 5.26. The van der Waals surface area contributed by atoms with Crippen LogP contribution in [0.2, 0.25) is 5.15 Å². The van der Waals surface area contributed by atoms with E-state index in [-0.39, 0.29) is 23.7 Å². The quantitative estimate of drug-likeness (QED) is 0.718. The van der Waals surface area contributed by atoms with Gasteiger partial charge in [0.2, 0.25) is 0 Å². The normalized spacial score (nSPS) is 14.3. The Morgan fingerprint density at radius 1 is 1.50 bits per heavy atom. The fraction of sp³-hybridized carbons (Fsp3) is 0.571. The molecule has 124 valence electrons. The van der Waals surface area contributed by atoms with E-state index in [4.69, 9.17) is 16.3 Å². The number of aliphatic hydroxyl groups is 2. The van der Waals surface area contributed by atoms with Gasteiger partial charge in [0.15, 0.2) is 0 Å². The molecule has 0 radical (unpaired) electrons. The highest BCUT2D eigenvalue weighted by atomic mass is 35.5. The molecule has 1 heterocycles. The first-order chi connectivity index (χ1) is 10.1. The van der Waals surface area contributed by atoms with Crippen LogP contribution in [0.4, 0.5) is 9.18 Å². The van der Waals surface area contributed by atoms with Gasteiger partial charge in [-0.15, -0.1) is 0 Å². The van der Waals surface area contributed by atoms with Crippen molar-refractivity contribution in [2.45, 2.75) is 45.0 Å². The van der Waals surface area contributed by atoms with Gasteiger partial charge in [0.1, 0.15) is 22.7 Å². The lowest BCUT2D eigenvalue weighted by Gasteiger charge is -2.21. The fourth-order valence-electron chi connectivity index (χ4n) is 1.65. The highest BCUT2D eigenvalue weighted by Gasteiger charge is 2.22. The van der Waals surface area contributed by atoms with Crippen LogP contribution in [0.15, 0.2) is 12.3 Å². The van der Waals surface area contributed by atoms with Crippen molar-refractivity contribution in [1.29, 1.82) is 0 Å². The molecule has 6 nitrogen and oxygen atoms in total. The van der Waals surface area contributed by atoms with Crippen LogP contribution in [0.1, 0.15) is 38.9 Å². The Hall–Kier alpha value is -1.44. The van der Waals surface area contributed by atoms with Gasteiger partial charge >= 0.3 is 6.09 Å². The fourth-order valence-corrected chi connectivity index (χ4v) is 1.86. The maximum absolute atomic E-state index is 13.1. The van der Waals surface area contributed by atoms with E-state index in [2.05, 4.69) is 10.3 Å². The van der Waals surface area contributed by atoms with Crippen LogP contribution >= 0.6 is 11.6 Å². The molecule has 0 aliphatic heterocycles.